The van der Waals surface area contributed by atoms with Crippen molar-refractivity contribution in [1.29, 1.82) is 0 Å². The van der Waals surface area contributed by atoms with Gasteiger partial charge in [0.1, 0.15) is 11.5 Å². The summed E-state index contributed by atoms with van der Waals surface area (Å²) in [6.45, 7) is -0.0120. The van der Waals surface area contributed by atoms with Crippen molar-refractivity contribution in [2.75, 3.05) is 18.6 Å². The Morgan fingerprint density at radius 2 is 1.81 bits per heavy atom. The molecule has 1 heterocycles. The van der Waals surface area contributed by atoms with Gasteiger partial charge in [0.25, 0.3) is 0 Å². The number of esters is 1. The molecular weight excluding hydrogens is 407 g/mol. The molecule has 3 aromatic carbocycles. The molecular formula is C22H17FN2O6. The van der Waals surface area contributed by atoms with Gasteiger partial charge in [-0.25, -0.2) is 0 Å². The maximum atomic E-state index is 13.6. The Morgan fingerprint density at radius 1 is 1.10 bits per heavy atom. The van der Waals surface area contributed by atoms with E-state index in [2.05, 4.69) is 0 Å². The second-order valence-corrected chi connectivity index (χ2v) is 7.09. The molecule has 9 heteroatoms. The van der Waals surface area contributed by atoms with Gasteiger partial charge in [-0.1, -0.05) is 12.1 Å². The first kappa shape index (κ1) is 20.3. The number of benzene rings is 3. The van der Waals surface area contributed by atoms with E-state index in [1.165, 1.54) is 11.0 Å². The minimum atomic E-state index is -0.996. The van der Waals surface area contributed by atoms with E-state index in [0.717, 1.165) is 22.9 Å². The molecule has 0 bridgehead atoms. The van der Waals surface area contributed by atoms with Crippen LogP contribution in [0.1, 0.15) is 6.42 Å². The third-order valence-electron chi connectivity index (χ3n) is 5.13. The van der Waals surface area contributed by atoms with Gasteiger partial charge in [0.2, 0.25) is 11.7 Å². The number of hydrogen-bond donors (Lipinski definition) is 0. The van der Waals surface area contributed by atoms with Crippen molar-refractivity contribution in [3.05, 3.63) is 70.5 Å². The van der Waals surface area contributed by atoms with Crippen molar-refractivity contribution in [2.24, 2.45) is 5.92 Å². The Balaban J connectivity index is 1.50. The van der Waals surface area contributed by atoms with Crippen LogP contribution in [0, 0.1) is 21.8 Å². The van der Waals surface area contributed by atoms with Crippen LogP contribution in [0.15, 0.2) is 54.6 Å². The highest BCUT2D eigenvalue weighted by molar-refractivity contribution is 6.00. The van der Waals surface area contributed by atoms with E-state index < -0.39 is 34.2 Å². The average Bonchev–Trinajstić information content (AvgIpc) is 3.15. The van der Waals surface area contributed by atoms with Crippen molar-refractivity contribution in [2.45, 2.75) is 6.42 Å². The minimum absolute atomic E-state index is 0.0120. The summed E-state index contributed by atoms with van der Waals surface area (Å²) in [7, 11) is 1.56. The summed E-state index contributed by atoms with van der Waals surface area (Å²) in [5.74, 6) is -1.74. The number of hydrogen-bond acceptors (Lipinski definition) is 6. The molecule has 1 fully saturated rings. The smallest absolute Gasteiger partial charge is 0.316 e. The molecule has 0 spiro atoms. The second kappa shape index (κ2) is 8.02. The Kier molecular flexibility index (Phi) is 5.24. The minimum Gasteiger partial charge on any atom is -0.497 e. The Hall–Kier alpha value is -4.01. The zero-order valence-electron chi connectivity index (χ0n) is 16.4. The summed E-state index contributed by atoms with van der Waals surface area (Å²) >= 11 is 0. The van der Waals surface area contributed by atoms with Crippen molar-refractivity contribution in [1.82, 2.24) is 0 Å². The van der Waals surface area contributed by atoms with Crippen molar-refractivity contribution in [3.63, 3.8) is 0 Å². The molecule has 1 saturated heterocycles. The van der Waals surface area contributed by atoms with Gasteiger partial charge in [-0.3, -0.25) is 19.7 Å². The molecule has 0 aliphatic carbocycles. The first-order chi connectivity index (χ1) is 14.9. The standard InChI is InChI=1S/C22H17FN2O6/c1-30-17-5-2-13-3-6-18(9-14(13)8-17)31-22(27)15-10-21(26)24(12-15)16-4-7-19(23)20(11-16)25(28)29/h2-9,11,15H,10,12H2,1H3. The number of rotatable bonds is 5. The lowest BCUT2D eigenvalue weighted by atomic mass is 10.1. The summed E-state index contributed by atoms with van der Waals surface area (Å²) in [5.41, 5.74) is -0.575. The maximum Gasteiger partial charge on any atom is 0.316 e. The van der Waals surface area contributed by atoms with Crippen LogP contribution < -0.4 is 14.4 Å². The molecule has 0 aromatic heterocycles. The van der Waals surface area contributed by atoms with Gasteiger partial charge >= 0.3 is 11.7 Å². The van der Waals surface area contributed by atoms with E-state index in [1.54, 1.807) is 25.3 Å². The molecule has 31 heavy (non-hydrogen) atoms. The highest BCUT2D eigenvalue weighted by Gasteiger charge is 2.37. The fraction of sp³-hybridized carbons (Fsp3) is 0.182. The molecule has 0 N–H and O–H groups in total. The predicted molar refractivity (Wildman–Crippen MR) is 110 cm³/mol. The Labute approximate surface area is 175 Å². The number of nitrogens with zero attached hydrogens (tertiary/aromatic N) is 2. The van der Waals surface area contributed by atoms with Gasteiger partial charge in [0.05, 0.1) is 23.6 Å². The van der Waals surface area contributed by atoms with E-state index >= 15 is 0 Å². The molecule has 3 aromatic rings. The van der Waals surface area contributed by atoms with E-state index in [-0.39, 0.29) is 18.7 Å². The van der Waals surface area contributed by atoms with Crippen LogP contribution in [0.25, 0.3) is 10.8 Å². The fourth-order valence-electron chi connectivity index (χ4n) is 3.52. The molecule has 0 saturated carbocycles. The highest BCUT2D eigenvalue weighted by atomic mass is 19.1. The predicted octanol–water partition coefficient (Wildman–Crippen LogP) is 3.85. The summed E-state index contributed by atoms with van der Waals surface area (Å²) < 4.78 is 24.3. The van der Waals surface area contributed by atoms with E-state index in [0.29, 0.717) is 11.5 Å². The lowest BCUT2D eigenvalue weighted by Gasteiger charge is -2.16. The normalized spacial score (nSPS) is 15.9. The van der Waals surface area contributed by atoms with Crippen LogP contribution in [0.4, 0.5) is 15.8 Å². The first-order valence-corrected chi connectivity index (χ1v) is 9.39. The summed E-state index contributed by atoms with van der Waals surface area (Å²) in [6, 6.07) is 13.9. The SMILES string of the molecule is COc1ccc2ccc(OC(=O)C3CC(=O)N(c4ccc(F)c([N+](=O)[O-])c4)C3)cc2c1. The monoisotopic (exact) mass is 424 g/mol. The van der Waals surface area contributed by atoms with E-state index in [9.17, 15) is 24.1 Å². The zero-order valence-corrected chi connectivity index (χ0v) is 16.4. The van der Waals surface area contributed by atoms with Gasteiger partial charge in [0, 0.05) is 19.0 Å². The number of nitro groups is 1. The number of nitro benzene ring substituents is 1. The van der Waals surface area contributed by atoms with Crippen LogP contribution in [0.5, 0.6) is 11.5 Å². The highest BCUT2D eigenvalue weighted by Crippen LogP contribution is 2.31. The molecule has 1 unspecified atom stereocenters. The number of anilines is 1. The number of carbonyl (C=O) groups excluding carboxylic acids is 2. The lowest BCUT2D eigenvalue weighted by molar-refractivity contribution is -0.387. The van der Waals surface area contributed by atoms with Crippen molar-refractivity contribution >= 4 is 34.0 Å². The van der Waals surface area contributed by atoms with Crippen molar-refractivity contribution < 1.29 is 28.4 Å². The molecule has 1 aliphatic rings. The van der Waals surface area contributed by atoms with Crippen LogP contribution in [0.2, 0.25) is 0 Å². The maximum absolute atomic E-state index is 13.6. The number of amides is 1. The van der Waals surface area contributed by atoms with Crippen molar-refractivity contribution in [3.8, 4) is 11.5 Å². The summed E-state index contributed by atoms with van der Waals surface area (Å²) in [6.07, 6.45) is -0.106. The van der Waals surface area contributed by atoms with Crippen LogP contribution >= 0.6 is 0 Å². The molecule has 4 rings (SSSR count). The van der Waals surface area contributed by atoms with Gasteiger partial charge in [-0.2, -0.15) is 4.39 Å². The van der Waals surface area contributed by atoms with Gasteiger partial charge in [0.15, 0.2) is 0 Å². The number of fused-ring (bicyclic) bond motifs is 1. The molecule has 0 radical (unpaired) electrons. The van der Waals surface area contributed by atoms with Crippen LogP contribution in [0.3, 0.4) is 0 Å². The second-order valence-electron chi connectivity index (χ2n) is 7.09. The van der Waals surface area contributed by atoms with Gasteiger partial charge in [-0.15, -0.1) is 0 Å². The molecule has 1 amide bonds. The average molecular weight is 424 g/mol. The third-order valence-corrected chi connectivity index (χ3v) is 5.13. The Bertz CT molecular complexity index is 1210. The molecule has 1 atom stereocenters. The molecule has 1 aliphatic heterocycles. The van der Waals surface area contributed by atoms with Crippen LogP contribution in [-0.2, 0) is 9.59 Å². The number of carbonyl (C=O) groups is 2. The summed E-state index contributed by atoms with van der Waals surface area (Å²) in [4.78, 5) is 36.4. The molecule has 158 valence electrons. The number of ether oxygens (including phenoxy) is 2. The first-order valence-electron chi connectivity index (χ1n) is 9.39. The summed E-state index contributed by atoms with van der Waals surface area (Å²) in [5, 5.41) is 12.7. The van der Waals surface area contributed by atoms with E-state index in [1.807, 2.05) is 18.2 Å². The molecule has 8 nitrogen and oxygen atoms in total. The Morgan fingerprint density at radius 3 is 2.52 bits per heavy atom. The largest absolute Gasteiger partial charge is 0.497 e. The topological polar surface area (TPSA) is 99.0 Å². The van der Waals surface area contributed by atoms with Gasteiger partial charge in [-0.05, 0) is 47.2 Å². The number of halogens is 1. The van der Waals surface area contributed by atoms with E-state index in [4.69, 9.17) is 9.47 Å². The van der Waals surface area contributed by atoms with Gasteiger partial charge < -0.3 is 14.4 Å². The lowest BCUT2D eigenvalue weighted by Crippen LogP contribution is -2.27. The van der Waals surface area contributed by atoms with Crippen LogP contribution in [-0.4, -0.2) is 30.5 Å². The quantitative estimate of drug-likeness (QED) is 0.267. The third kappa shape index (κ3) is 4.02. The zero-order chi connectivity index (χ0) is 22.1. The fourth-order valence-corrected chi connectivity index (χ4v) is 3.52. The number of methoxy groups -OCH3 is 1.